The lowest BCUT2D eigenvalue weighted by molar-refractivity contribution is 0.485. The lowest BCUT2D eigenvalue weighted by atomic mass is 9.92. The van der Waals surface area contributed by atoms with Crippen molar-refractivity contribution in [1.82, 2.24) is 19.5 Å². The fourth-order valence-corrected chi connectivity index (χ4v) is 7.98. The Morgan fingerprint density at radius 3 is 1.70 bits per heavy atom. The van der Waals surface area contributed by atoms with Gasteiger partial charge in [-0.2, -0.15) is 0 Å². The molecule has 0 aliphatic carbocycles. The summed E-state index contributed by atoms with van der Waals surface area (Å²) < 4.78 is 9.34. The third-order valence-corrected chi connectivity index (χ3v) is 10.5. The van der Waals surface area contributed by atoms with Gasteiger partial charge in [0.2, 0.25) is 0 Å². The van der Waals surface area contributed by atoms with Crippen LogP contribution in [0.1, 0.15) is 0 Å². The predicted octanol–water partition coefficient (Wildman–Crippen LogP) is 12.6. The smallest absolute Gasteiger partial charge is 0.164 e. The molecule has 54 heavy (non-hydrogen) atoms. The van der Waals surface area contributed by atoms with Crippen LogP contribution in [-0.2, 0) is 0 Å². The predicted molar refractivity (Wildman–Crippen MR) is 219 cm³/mol. The first-order valence-electron chi connectivity index (χ1n) is 18.1. The van der Waals surface area contributed by atoms with E-state index < -0.39 is 0 Å². The van der Waals surface area contributed by atoms with Gasteiger partial charge in [0.1, 0.15) is 5.75 Å². The Labute approximate surface area is 311 Å². The van der Waals surface area contributed by atoms with E-state index in [2.05, 4.69) is 126 Å². The highest BCUT2D eigenvalue weighted by Gasteiger charge is 2.27. The van der Waals surface area contributed by atoms with E-state index in [1.807, 2.05) is 60.7 Å². The molecule has 0 fully saturated rings. The lowest BCUT2D eigenvalue weighted by Gasteiger charge is -2.25. The number of aromatic nitrogens is 4. The van der Waals surface area contributed by atoms with Gasteiger partial charge in [-0.15, -0.1) is 0 Å². The molecule has 252 valence electrons. The van der Waals surface area contributed by atoms with Crippen molar-refractivity contribution in [1.29, 1.82) is 0 Å². The SMILES string of the molecule is c1ccc(-c2ccc3c(c2)c2ccccc2n3-c2cccc3c2Oc2ccc(-c4nc(-c5ccccc5)nc(-c5ccccc5)n4)c4cccc-3c24)cc1. The van der Waals surface area contributed by atoms with Crippen molar-refractivity contribution >= 4 is 32.6 Å². The monoisotopic (exact) mass is 690 g/mol. The van der Waals surface area contributed by atoms with E-state index in [1.54, 1.807) is 0 Å². The Kier molecular flexibility index (Phi) is 6.79. The normalized spacial score (nSPS) is 11.9. The molecule has 1 aliphatic rings. The summed E-state index contributed by atoms with van der Waals surface area (Å²) in [5, 5.41) is 4.47. The minimum Gasteiger partial charge on any atom is -0.454 e. The average Bonchev–Trinajstić information content (AvgIpc) is 3.58. The highest BCUT2D eigenvalue weighted by Crippen LogP contribution is 2.51. The molecule has 0 atom stereocenters. The lowest BCUT2D eigenvalue weighted by Crippen LogP contribution is -2.04. The Bertz CT molecular complexity index is 3010. The summed E-state index contributed by atoms with van der Waals surface area (Å²) in [4.78, 5) is 15.0. The zero-order chi connectivity index (χ0) is 35.6. The standard InChI is InChI=1S/C49H30N4O/c1-4-14-31(15-5-1)34-26-28-42-40(30-34)35-20-10-11-24-41(35)53(42)43-25-13-23-38-36-21-12-22-37-39(27-29-44(45(36)37)54-46(38)43)49-51-47(32-16-6-2-7-17-32)50-48(52-49)33-18-8-3-9-19-33/h1-30H. The number of rotatable bonds is 5. The van der Waals surface area contributed by atoms with Crippen molar-refractivity contribution < 1.29 is 4.74 Å². The van der Waals surface area contributed by atoms with E-state index in [0.29, 0.717) is 17.5 Å². The number of benzene rings is 8. The summed E-state index contributed by atoms with van der Waals surface area (Å²) in [6.07, 6.45) is 0. The van der Waals surface area contributed by atoms with Gasteiger partial charge in [0.05, 0.1) is 16.7 Å². The highest BCUT2D eigenvalue weighted by molar-refractivity contribution is 6.12. The van der Waals surface area contributed by atoms with E-state index in [1.165, 1.54) is 21.9 Å². The van der Waals surface area contributed by atoms with Gasteiger partial charge in [-0.25, -0.2) is 15.0 Å². The molecule has 0 amide bonds. The van der Waals surface area contributed by atoms with Crippen LogP contribution >= 0.6 is 0 Å². The van der Waals surface area contributed by atoms with Crippen LogP contribution in [-0.4, -0.2) is 19.5 Å². The summed E-state index contributed by atoms with van der Waals surface area (Å²) in [7, 11) is 0. The van der Waals surface area contributed by atoms with E-state index in [9.17, 15) is 0 Å². The number of nitrogens with zero attached hydrogens (tertiary/aromatic N) is 4. The van der Waals surface area contributed by atoms with E-state index in [-0.39, 0.29) is 0 Å². The molecule has 0 radical (unpaired) electrons. The Morgan fingerprint density at radius 2 is 0.963 bits per heavy atom. The van der Waals surface area contributed by atoms with Crippen molar-refractivity contribution in [3.05, 3.63) is 182 Å². The molecule has 5 nitrogen and oxygen atoms in total. The average molecular weight is 691 g/mol. The molecule has 11 rings (SSSR count). The fourth-order valence-electron chi connectivity index (χ4n) is 7.98. The molecular weight excluding hydrogens is 661 g/mol. The number of fused-ring (bicyclic) bond motifs is 5. The molecule has 0 spiro atoms. The second-order valence-corrected chi connectivity index (χ2v) is 13.6. The van der Waals surface area contributed by atoms with Crippen LogP contribution in [0.3, 0.4) is 0 Å². The molecule has 1 aliphatic heterocycles. The highest BCUT2D eigenvalue weighted by atomic mass is 16.5. The van der Waals surface area contributed by atoms with Gasteiger partial charge in [0, 0.05) is 38.4 Å². The molecule has 0 saturated heterocycles. The second kappa shape index (κ2) is 12.1. The Balaban J connectivity index is 1.10. The number of hydrogen-bond acceptors (Lipinski definition) is 4. The molecule has 5 heteroatoms. The van der Waals surface area contributed by atoms with Crippen LogP contribution in [0.5, 0.6) is 11.5 Å². The van der Waals surface area contributed by atoms with E-state index >= 15 is 0 Å². The molecule has 8 aromatic carbocycles. The molecule has 2 aromatic heterocycles. The molecular formula is C49H30N4O. The minimum absolute atomic E-state index is 0.617. The van der Waals surface area contributed by atoms with E-state index in [0.717, 1.165) is 66.8 Å². The largest absolute Gasteiger partial charge is 0.454 e. The van der Waals surface area contributed by atoms with Gasteiger partial charge in [-0.1, -0.05) is 146 Å². The van der Waals surface area contributed by atoms with Crippen LogP contribution in [0, 0.1) is 0 Å². The Hall–Kier alpha value is -7.37. The maximum Gasteiger partial charge on any atom is 0.164 e. The first-order valence-corrected chi connectivity index (χ1v) is 18.1. The molecule has 3 heterocycles. The van der Waals surface area contributed by atoms with Crippen molar-refractivity contribution in [2.75, 3.05) is 0 Å². The zero-order valence-electron chi connectivity index (χ0n) is 29.0. The summed E-state index contributed by atoms with van der Waals surface area (Å²) >= 11 is 0. The first kappa shape index (κ1) is 30.3. The van der Waals surface area contributed by atoms with Crippen LogP contribution in [0.2, 0.25) is 0 Å². The number of para-hydroxylation sites is 2. The molecule has 0 saturated carbocycles. The quantitative estimate of drug-likeness (QED) is 0.180. The van der Waals surface area contributed by atoms with Crippen molar-refractivity contribution in [3.8, 4) is 73.6 Å². The van der Waals surface area contributed by atoms with Gasteiger partial charge in [-0.3, -0.25) is 0 Å². The topological polar surface area (TPSA) is 52.8 Å². The number of ether oxygens (including phenoxy) is 1. The summed E-state index contributed by atoms with van der Waals surface area (Å²) in [6, 6.07) is 63.2. The third-order valence-electron chi connectivity index (χ3n) is 10.5. The summed E-state index contributed by atoms with van der Waals surface area (Å²) in [5.41, 5.74) is 10.6. The van der Waals surface area contributed by atoms with Crippen LogP contribution in [0.25, 0.3) is 94.7 Å². The summed E-state index contributed by atoms with van der Waals surface area (Å²) in [5.74, 6) is 3.52. The van der Waals surface area contributed by atoms with Gasteiger partial charge >= 0.3 is 0 Å². The first-order chi connectivity index (χ1) is 26.8. The maximum absolute atomic E-state index is 7.00. The van der Waals surface area contributed by atoms with Crippen molar-refractivity contribution in [2.45, 2.75) is 0 Å². The molecule has 0 unspecified atom stereocenters. The van der Waals surface area contributed by atoms with Crippen LogP contribution in [0.15, 0.2) is 182 Å². The van der Waals surface area contributed by atoms with E-state index in [4.69, 9.17) is 19.7 Å². The zero-order valence-corrected chi connectivity index (χ0v) is 29.0. The molecule has 0 N–H and O–H groups in total. The van der Waals surface area contributed by atoms with Gasteiger partial charge in [0.25, 0.3) is 0 Å². The molecule has 0 bridgehead atoms. The van der Waals surface area contributed by atoms with Crippen molar-refractivity contribution in [2.24, 2.45) is 0 Å². The van der Waals surface area contributed by atoms with Gasteiger partial charge in [-0.05, 0) is 58.5 Å². The Morgan fingerprint density at radius 1 is 0.370 bits per heavy atom. The number of hydrogen-bond donors (Lipinski definition) is 0. The molecule has 10 aromatic rings. The van der Waals surface area contributed by atoms with Crippen LogP contribution < -0.4 is 4.74 Å². The second-order valence-electron chi connectivity index (χ2n) is 13.6. The fraction of sp³-hybridized carbons (Fsp3) is 0. The van der Waals surface area contributed by atoms with Gasteiger partial charge in [0.15, 0.2) is 23.2 Å². The minimum atomic E-state index is 0.617. The maximum atomic E-state index is 7.00. The van der Waals surface area contributed by atoms with Crippen LogP contribution in [0.4, 0.5) is 0 Å². The summed E-state index contributed by atoms with van der Waals surface area (Å²) in [6.45, 7) is 0. The van der Waals surface area contributed by atoms with Gasteiger partial charge < -0.3 is 9.30 Å². The van der Waals surface area contributed by atoms with Crippen molar-refractivity contribution in [3.63, 3.8) is 0 Å². The third kappa shape index (κ3) is 4.76.